The van der Waals surface area contributed by atoms with E-state index in [1.165, 1.54) is 12.8 Å². The number of hydrogen-bond donors (Lipinski definition) is 3. The van der Waals surface area contributed by atoms with Crippen LogP contribution >= 0.6 is 24.0 Å². The number of rotatable bonds is 9. The monoisotopic (exact) mass is 447 g/mol. The molecule has 5 nitrogen and oxygen atoms in total. The van der Waals surface area contributed by atoms with Gasteiger partial charge in [0.1, 0.15) is 5.75 Å². The summed E-state index contributed by atoms with van der Waals surface area (Å²) in [6.07, 6.45) is 2.58. The standard InChI is InChI=1S/C18H29N3O2.HI/c1-3-19-18(20-10-14(2)12-22)21-11-16-6-4-5-7-17(16)23-13-15-8-9-15;/h4-7,14-15,22H,3,8-13H2,1-2H3,(H2,19,20,21);1H. The Kier molecular flexibility index (Phi) is 10.1. The van der Waals surface area contributed by atoms with Crippen LogP contribution in [0.4, 0.5) is 0 Å². The molecule has 0 heterocycles. The normalized spacial score (nSPS) is 15.4. The molecule has 0 spiro atoms. The summed E-state index contributed by atoms with van der Waals surface area (Å²) in [5.74, 6) is 2.64. The van der Waals surface area contributed by atoms with E-state index in [1.54, 1.807) is 0 Å². The quantitative estimate of drug-likeness (QED) is 0.310. The van der Waals surface area contributed by atoms with E-state index in [2.05, 4.69) is 21.7 Å². The molecule has 136 valence electrons. The van der Waals surface area contributed by atoms with E-state index in [9.17, 15) is 0 Å². The molecule has 0 saturated heterocycles. The predicted octanol–water partition coefficient (Wildman–Crippen LogP) is 2.78. The van der Waals surface area contributed by atoms with E-state index in [0.29, 0.717) is 13.1 Å². The first-order chi connectivity index (χ1) is 11.2. The van der Waals surface area contributed by atoms with E-state index in [1.807, 2.05) is 32.0 Å². The first-order valence-corrected chi connectivity index (χ1v) is 8.56. The number of nitrogens with one attached hydrogen (secondary N) is 2. The number of guanidine groups is 1. The number of aliphatic hydroxyl groups excluding tert-OH is 1. The molecule has 1 saturated carbocycles. The summed E-state index contributed by atoms with van der Waals surface area (Å²) in [6.45, 7) is 7.10. The van der Waals surface area contributed by atoms with Crippen LogP contribution in [0.3, 0.4) is 0 Å². The zero-order valence-electron chi connectivity index (χ0n) is 14.6. The summed E-state index contributed by atoms with van der Waals surface area (Å²) < 4.78 is 5.93. The summed E-state index contributed by atoms with van der Waals surface area (Å²) >= 11 is 0. The number of nitrogens with zero attached hydrogens (tertiary/aromatic N) is 1. The highest BCUT2D eigenvalue weighted by atomic mass is 127. The number of aliphatic hydroxyl groups is 1. The lowest BCUT2D eigenvalue weighted by molar-refractivity contribution is 0.238. The fourth-order valence-corrected chi connectivity index (χ4v) is 2.11. The number of hydrogen-bond acceptors (Lipinski definition) is 3. The van der Waals surface area contributed by atoms with E-state index in [0.717, 1.165) is 36.3 Å². The summed E-state index contributed by atoms with van der Waals surface area (Å²) in [5, 5.41) is 15.6. The highest BCUT2D eigenvalue weighted by molar-refractivity contribution is 14.0. The van der Waals surface area contributed by atoms with Crippen LogP contribution < -0.4 is 15.4 Å². The van der Waals surface area contributed by atoms with Gasteiger partial charge in [0.2, 0.25) is 0 Å². The van der Waals surface area contributed by atoms with Crippen molar-refractivity contribution >= 4 is 29.9 Å². The molecule has 6 heteroatoms. The van der Waals surface area contributed by atoms with Crippen molar-refractivity contribution in [2.75, 3.05) is 26.3 Å². The van der Waals surface area contributed by atoms with Gasteiger partial charge in [0.15, 0.2) is 5.96 Å². The van der Waals surface area contributed by atoms with Gasteiger partial charge in [-0.1, -0.05) is 25.1 Å². The van der Waals surface area contributed by atoms with Gasteiger partial charge >= 0.3 is 0 Å². The molecule has 0 radical (unpaired) electrons. The molecule has 24 heavy (non-hydrogen) atoms. The second-order valence-electron chi connectivity index (χ2n) is 6.23. The van der Waals surface area contributed by atoms with Gasteiger partial charge in [-0.3, -0.25) is 0 Å². The SMILES string of the molecule is CCNC(=NCc1ccccc1OCC1CC1)NCC(C)CO.I. The topological polar surface area (TPSA) is 65.9 Å². The zero-order valence-corrected chi connectivity index (χ0v) is 17.0. The van der Waals surface area contributed by atoms with Gasteiger partial charge in [-0.05, 0) is 37.7 Å². The zero-order chi connectivity index (χ0) is 16.5. The fourth-order valence-electron chi connectivity index (χ4n) is 2.11. The Hall–Kier alpha value is -1.02. The lowest BCUT2D eigenvalue weighted by Gasteiger charge is -2.15. The van der Waals surface area contributed by atoms with Gasteiger partial charge in [-0.2, -0.15) is 0 Å². The summed E-state index contributed by atoms with van der Waals surface area (Å²) in [5.41, 5.74) is 1.10. The molecular weight excluding hydrogens is 417 g/mol. The Morgan fingerprint density at radius 2 is 2.08 bits per heavy atom. The second-order valence-corrected chi connectivity index (χ2v) is 6.23. The average Bonchev–Trinajstić information content (AvgIpc) is 3.40. The minimum absolute atomic E-state index is 0. The molecule has 1 atom stereocenters. The van der Waals surface area contributed by atoms with Crippen molar-refractivity contribution in [3.8, 4) is 5.75 Å². The maximum absolute atomic E-state index is 9.11. The number of benzene rings is 1. The lowest BCUT2D eigenvalue weighted by atomic mass is 10.2. The molecule has 1 aromatic rings. The van der Waals surface area contributed by atoms with Crippen LogP contribution in [0, 0.1) is 11.8 Å². The highest BCUT2D eigenvalue weighted by Gasteiger charge is 2.22. The minimum atomic E-state index is 0. The first-order valence-electron chi connectivity index (χ1n) is 8.56. The van der Waals surface area contributed by atoms with E-state index < -0.39 is 0 Å². The third kappa shape index (κ3) is 7.70. The van der Waals surface area contributed by atoms with Crippen LogP contribution in [0.5, 0.6) is 5.75 Å². The molecule has 2 rings (SSSR count). The highest BCUT2D eigenvalue weighted by Crippen LogP contribution is 2.30. The van der Waals surface area contributed by atoms with Crippen LogP contribution in [0.15, 0.2) is 29.3 Å². The third-order valence-electron chi connectivity index (χ3n) is 3.83. The van der Waals surface area contributed by atoms with Crippen molar-refractivity contribution in [1.29, 1.82) is 0 Å². The molecular formula is C18H30IN3O2. The van der Waals surface area contributed by atoms with Crippen molar-refractivity contribution < 1.29 is 9.84 Å². The molecule has 1 aliphatic carbocycles. The van der Waals surface area contributed by atoms with E-state index >= 15 is 0 Å². The van der Waals surface area contributed by atoms with Crippen LogP contribution in [0.2, 0.25) is 0 Å². The van der Waals surface area contributed by atoms with Crippen molar-refractivity contribution in [2.24, 2.45) is 16.8 Å². The molecule has 0 aromatic heterocycles. The summed E-state index contributed by atoms with van der Waals surface area (Å²) in [6, 6.07) is 8.10. The van der Waals surface area contributed by atoms with Crippen LogP contribution in [-0.4, -0.2) is 37.4 Å². The molecule has 0 bridgehead atoms. The maximum atomic E-state index is 9.11. The fraction of sp³-hybridized carbons (Fsp3) is 0.611. The summed E-state index contributed by atoms with van der Waals surface area (Å²) in [7, 11) is 0. The van der Waals surface area contributed by atoms with Gasteiger partial charge in [0, 0.05) is 25.3 Å². The maximum Gasteiger partial charge on any atom is 0.191 e. The Bertz CT molecular complexity index is 507. The molecule has 3 N–H and O–H groups in total. The van der Waals surface area contributed by atoms with Crippen LogP contribution in [-0.2, 0) is 6.54 Å². The van der Waals surface area contributed by atoms with Crippen molar-refractivity contribution in [3.05, 3.63) is 29.8 Å². The van der Waals surface area contributed by atoms with Crippen molar-refractivity contribution in [1.82, 2.24) is 10.6 Å². The van der Waals surface area contributed by atoms with Gasteiger partial charge in [0.05, 0.1) is 13.2 Å². The Morgan fingerprint density at radius 1 is 1.33 bits per heavy atom. The van der Waals surface area contributed by atoms with Gasteiger partial charge in [0.25, 0.3) is 0 Å². The molecule has 1 fully saturated rings. The van der Waals surface area contributed by atoms with Gasteiger partial charge < -0.3 is 20.5 Å². The van der Waals surface area contributed by atoms with Crippen molar-refractivity contribution in [3.63, 3.8) is 0 Å². The number of halogens is 1. The Labute approximate surface area is 162 Å². The molecule has 1 aliphatic rings. The number of para-hydroxylation sites is 1. The minimum Gasteiger partial charge on any atom is -0.493 e. The molecule has 1 unspecified atom stereocenters. The third-order valence-corrected chi connectivity index (χ3v) is 3.83. The van der Waals surface area contributed by atoms with E-state index in [4.69, 9.17) is 9.84 Å². The Balaban J connectivity index is 0.00000288. The Morgan fingerprint density at radius 3 is 2.75 bits per heavy atom. The van der Waals surface area contributed by atoms with Gasteiger partial charge in [-0.25, -0.2) is 4.99 Å². The van der Waals surface area contributed by atoms with Crippen LogP contribution in [0.1, 0.15) is 32.3 Å². The van der Waals surface area contributed by atoms with Gasteiger partial charge in [-0.15, -0.1) is 24.0 Å². The molecule has 0 aliphatic heterocycles. The smallest absolute Gasteiger partial charge is 0.191 e. The number of ether oxygens (including phenoxy) is 1. The predicted molar refractivity (Wildman–Crippen MR) is 109 cm³/mol. The largest absolute Gasteiger partial charge is 0.493 e. The van der Waals surface area contributed by atoms with Crippen LogP contribution in [0.25, 0.3) is 0 Å². The van der Waals surface area contributed by atoms with E-state index in [-0.39, 0.29) is 36.5 Å². The second kappa shape index (κ2) is 11.5. The molecule has 0 amide bonds. The molecule has 1 aromatic carbocycles. The lowest BCUT2D eigenvalue weighted by Crippen LogP contribution is -2.39. The summed E-state index contributed by atoms with van der Waals surface area (Å²) in [4.78, 5) is 4.63. The first kappa shape index (κ1) is 21.0. The average molecular weight is 447 g/mol. The number of aliphatic imine (C=N–C) groups is 1. The van der Waals surface area contributed by atoms with Crippen molar-refractivity contribution in [2.45, 2.75) is 33.2 Å².